The predicted octanol–water partition coefficient (Wildman–Crippen LogP) is 1.79. The first-order chi connectivity index (χ1) is 10.0. The van der Waals surface area contributed by atoms with Crippen molar-refractivity contribution in [1.82, 2.24) is 20.1 Å². The number of carbonyl (C=O) groups excluding carboxylic acids is 1. The number of nitrogens with zero attached hydrogens (tertiary/aromatic N) is 3. The minimum Gasteiger partial charge on any atom is -0.381 e. The maximum atomic E-state index is 11.8. The largest absolute Gasteiger partial charge is 0.381 e. The molecule has 2 aromatic heterocycles. The molecule has 0 saturated carbocycles. The van der Waals surface area contributed by atoms with Crippen molar-refractivity contribution in [3.05, 3.63) is 41.0 Å². The highest BCUT2D eigenvalue weighted by molar-refractivity contribution is 5.93. The van der Waals surface area contributed by atoms with Crippen LogP contribution in [0.25, 0.3) is 0 Å². The number of aryl methyl sites for hydroxylation is 2. The lowest BCUT2D eigenvalue weighted by Crippen LogP contribution is -2.23. The molecule has 0 spiro atoms. The van der Waals surface area contributed by atoms with Gasteiger partial charge < -0.3 is 10.6 Å². The number of amides is 1. The van der Waals surface area contributed by atoms with Crippen LogP contribution in [0.5, 0.6) is 0 Å². The summed E-state index contributed by atoms with van der Waals surface area (Å²) in [6, 6.07) is 3.61. The predicted molar refractivity (Wildman–Crippen MR) is 82.3 cm³/mol. The number of anilines is 1. The normalized spacial score (nSPS) is 10.5. The van der Waals surface area contributed by atoms with Crippen LogP contribution in [0.1, 0.15) is 34.4 Å². The molecule has 2 N–H and O–H groups in total. The van der Waals surface area contributed by atoms with E-state index in [1.54, 1.807) is 12.3 Å². The van der Waals surface area contributed by atoms with Crippen molar-refractivity contribution in [3.8, 4) is 0 Å². The maximum Gasteiger partial charge on any atom is 0.269 e. The Hall–Kier alpha value is -2.37. The fraction of sp³-hybridized carbons (Fsp3) is 0.400. The second-order valence-corrected chi connectivity index (χ2v) is 4.92. The van der Waals surface area contributed by atoms with Crippen LogP contribution in [0.15, 0.2) is 18.3 Å². The minimum atomic E-state index is -0.158. The van der Waals surface area contributed by atoms with E-state index in [2.05, 4.69) is 20.7 Å². The van der Waals surface area contributed by atoms with E-state index < -0.39 is 0 Å². The molecule has 2 aromatic rings. The highest BCUT2D eigenvalue weighted by atomic mass is 16.1. The fourth-order valence-corrected chi connectivity index (χ4v) is 2.18. The van der Waals surface area contributed by atoms with Gasteiger partial charge in [0.1, 0.15) is 5.69 Å². The van der Waals surface area contributed by atoms with Gasteiger partial charge in [0.2, 0.25) is 0 Å². The molecular formula is C15H21N5O. The van der Waals surface area contributed by atoms with Gasteiger partial charge in [-0.05, 0) is 32.9 Å². The van der Waals surface area contributed by atoms with Crippen LogP contribution in [0.4, 0.5) is 5.69 Å². The molecule has 0 unspecified atom stereocenters. The Morgan fingerprint density at radius 1 is 1.38 bits per heavy atom. The van der Waals surface area contributed by atoms with Crippen molar-refractivity contribution in [1.29, 1.82) is 0 Å². The topological polar surface area (TPSA) is 71.8 Å². The van der Waals surface area contributed by atoms with Gasteiger partial charge in [-0.2, -0.15) is 5.10 Å². The molecule has 0 bridgehead atoms. The van der Waals surface area contributed by atoms with Crippen molar-refractivity contribution in [2.24, 2.45) is 7.05 Å². The summed E-state index contributed by atoms with van der Waals surface area (Å²) in [5.41, 5.74) is 4.61. The molecule has 0 aliphatic heterocycles. The Morgan fingerprint density at radius 3 is 2.76 bits per heavy atom. The van der Waals surface area contributed by atoms with Gasteiger partial charge in [-0.25, -0.2) is 0 Å². The second kappa shape index (κ2) is 6.39. The Labute approximate surface area is 124 Å². The lowest BCUT2D eigenvalue weighted by Gasteiger charge is -2.08. The SMILES string of the molecule is CCNC(=O)c1cc(NCc2c(C)nn(C)c2C)ccn1. The molecule has 0 atom stereocenters. The third kappa shape index (κ3) is 3.39. The summed E-state index contributed by atoms with van der Waals surface area (Å²) < 4.78 is 1.87. The third-order valence-electron chi connectivity index (χ3n) is 3.46. The van der Waals surface area contributed by atoms with Crippen molar-refractivity contribution in [2.45, 2.75) is 27.3 Å². The zero-order valence-corrected chi connectivity index (χ0v) is 12.9. The minimum absolute atomic E-state index is 0.158. The summed E-state index contributed by atoms with van der Waals surface area (Å²) in [5.74, 6) is -0.158. The van der Waals surface area contributed by atoms with Gasteiger partial charge in [0, 0.05) is 43.3 Å². The molecule has 6 nitrogen and oxygen atoms in total. The van der Waals surface area contributed by atoms with E-state index in [1.807, 2.05) is 38.6 Å². The van der Waals surface area contributed by atoms with Crippen LogP contribution < -0.4 is 10.6 Å². The lowest BCUT2D eigenvalue weighted by molar-refractivity contribution is 0.0951. The number of rotatable bonds is 5. The van der Waals surface area contributed by atoms with Crippen molar-refractivity contribution < 1.29 is 4.79 Å². The van der Waals surface area contributed by atoms with E-state index in [0.717, 1.165) is 17.1 Å². The summed E-state index contributed by atoms with van der Waals surface area (Å²) >= 11 is 0. The quantitative estimate of drug-likeness (QED) is 0.879. The molecule has 6 heteroatoms. The van der Waals surface area contributed by atoms with Gasteiger partial charge in [0.05, 0.1) is 5.69 Å². The molecule has 0 aliphatic carbocycles. The summed E-state index contributed by atoms with van der Waals surface area (Å²) in [7, 11) is 1.94. The van der Waals surface area contributed by atoms with Crippen molar-refractivity contribution >= 4 is 11.6 Å². The Kier molecular flexibility index (Phi) is 4.57. The van der Waals surface area contributed by atoms with Crippen LogP contribution in [0.2, 0.25) is 0 Å². The first kappa shape index (κ1) is 15.0. The van der Waals surface area contributed by atoms with Crippen molar-refractivity contribution in [2.75, 3.05) is 11.9 Å². The summed E-state index contributed by atoms with van der Waals surface area (Å²) in [5, 5.41) is 10.5. The van der Waals surface area contributed by atoms with Gasteiger partial charge in [0.25, 0.3) is 5.91 Å². The van der Waals surface area contributed by atoms with E-state index >= 15 is 0 Å². The van der Waals surface area contributed by atoms with Gasteiger partial charge in [-0.3, -0.25) is 14.5 Å². The number of pyridine rings is 1. The zero-order valence-electron chi connectivity index (χ0n) is 12.9. The molecule has 112 valence electrons. The molecule has 0 radical (unpaired) electrons. The van der Waals surface area contributed by atoms with Crippen LogP contribution in [0, 0.1) is 13.8 Å². The Balaban J connectivity index is 2.10. The molecule has 0 fully saturated rings. The Morgan fingerprint density at radius 2 is 2.14 bits per heavy atom. The molecule has 2 heterocycles. The van der Waals surface area contributed by atoms with E-state index in [9.17, 15) is 4.79 Å². The molecule has 0 saturated heterocycles. The van der Waals surface area contributed by atoms with E-state index in [4.69, 9.17) is 0 Å². The van der Waals surface area contributed by atoms with E-state index in [-0.39, 0.29) is 5.91 Å². The average Bonchev–Trinajstić information content (AvgIpc) is 2.71. The van der Waals surface area contributed by atoms with Gasteiger partial charge in [0.15, 0.2) is 0 Å². The zero-order chi connectivity index (χ0) is 15.4. The number of nitrogens with one attached hydrogen (secondary N) is 2. The molecule has 0 aliphatic rings. The van der Waals surface area contributed by atoms with E-state index in [1.165, 1.54) is 5.56 Å². The summed E-state index contributed by atoms with van der Waals surface area (Å²) in [6.45, 7) is 7.19. The third-order valence-corrected chi connectivity index (χ3v) is 3.46. The number of hydrogen-bond donors (Lipinski definition) is 2. The number of aromatic nitrogens is 3. The summed E-state index contributed by atoms with van der Waals surface area (Å²) in [6.07, 6.45) is 1.63. The molecular weight excluding hydrogens is 266 g/mol. The highest BCUT2D eigenvalue weighted by Crippen LogP contribution is 2.15. The smallest absolute Gasteiger partial charge is 0.269 e. The molecule has 1 amide bonds. The number of hydrogen-bond acceptors (Lipinski definition) is 4. The number of carbonyl (C=O) groups is 1. The van der Waals surface area contributed by atoms with Gasteiger partial charge in [-0.15, -0.1) is 0 Å². The lowest BCUT2D eigenvalue weighted by atomic mass is 10.2. The molecule has 21 heavy (non-hydrogen) atoms. The first-order valence-corrected chi connectivity index (χ1v) is 7.00. The standard InChI is InChI=1S/C15H21N5O/c1-5-16-15(21)14-8-12(6-7-17-14)18-9-13-10(2)19-20(4)11(13)3/h6-8H,5,9H2,1-4H3,(H,16,21)(H,17,18). The Bertz CT molecular complexity index is 648. The monoisotopic (exact) mass is 287 g/mol. The second-order valence-electron chi connectivity index (χ2n) is 4.92. The van der Waals surface area contributed by atoms with Gasteiger partial charge >= 0.3 is 0 Å². The van der Waals surface area contributed by atoms with Crippen LogP contribution in [-0.4, -0.2) is 27.2 Å². The highest BCUT2D eigenvalue weighted by Gasteiger charge is 2.10. The molecule has 0 aromatic carbocycles. The first-order valence-electron chi connectivity index (χ1n) is 7.00. The summed E-state index contributed by atoms with van der Waals surface area (Å²) in [4.78, 5) is 15.9. The molecule has 2 rings (SSSR count). The van der Waals surface area contributed by atoms with Gasteiger partial charge in [-0.1, -0.05) is 0 Å². The average molecular weight is 287 g/mol. The van der Waals surface area contributed by atoms with E-state index in [0.29, 0.717) is 18.8 Å². The fourth-order valence-electron chi connectivity index (χ4n) is 2.18. The maximum absolute atomic E-state index is 11.8. The van der Waals surface area contributed by atoms with Crippen molar-refractivity contribution in [3.63, 3.8) is 0 Å². The van der Waals surface area contributed by atoms with Crippen LogP contribution >= 0.6 is 0 Å². The van der Waals surface area contributed by atoms with Crippen LogP contribution in [0.3, 0.4) is 0 Å². The van der Waals surface area contributed by atoms with Crippen LogP contribution in [-0.2, 0) is 13.6 Å².